The van der Waals surface area contributed by atoms with E-state index in [2.05, 4.69) is 0 Å². The van der Waals surface area contributed by atoms with Crippen molar-refractivity contribution in [3.63, 3.8) is 0 Å². The smallest absolute Gasteiger partial charge is 0.318 e. The van der Waals surface area contributed by atoms with Crippen LogP contribution in [0.3, 0.4) is 0 Å². The number of hydrogen-bond donors (Lipinski definition) is 3. The average molecular weight is 217 g/mol. The van der Waals surface area contributed by atoms with E-state index >= 15 is 0 Å². The Hall–Kier alpha value is -1.14. The molecule has 0 rings (SSSR count). The number of nitrogens with two attached hydrogens (primary N) is 1. The lowest BCUT2D eigenvalue weighted by Crippen LogP contribution is -2.47. The second-order valence-corrected chi connectivity index (χ2v) is 3.65. The van der Waals surface area contributed by atoms with Crippen LogP contribution in [0.2, 0.25) is 0 Å². The Morgan fingerprint density at radius 1 is 1.47 bits per heavy atom. The van der Waals surface area contributed by atoms with Gasteiger partial charge in [0.1, 0.15) is 0 Å². The van der Waals surface area contributed by atoms with Gasteiger partial charge in [0, 0.05) is 6.54 Å². The van der Waals surface area contributed by atoms with Gasteiger partial charge in [-0.15, -0.1) is 0 Å². The first-order valence-corrected chi connectivity index (χ1v) is 4.83. The third kappa shape index (κ3) is 6.03. The Bertz CT molecular complexity index is 231. The van der Waals surface area contributed by atoms with Crippen LogP contribution in [0.25, 0.3) is 0 Å². The summed E-state index contributed by atoms with van der Waals surface area (Å²) in [6.45, 7) is 3.92. The lowest BCUT2D eigenvalue weighted by Gasteiger charge is -2.23. The van der Waals surface area contributed by atoms with Gasteiger partial charge < -0.3 is 10.8 Å². The van der Waals surface area contributed by atoms with E-state index < -0.39 is 24.1 Å². The number of aliphatic hydroxyl groups excluding tert-OH is 1. The Morgan fingerprint density at radius 3 is 2.40 bits per heavy atom. The summed E-state index contributed by atoms with van der Waals surface area (Å²) in [6.07, 6.45) is 0.170. The normalized spacial score (nSPS) is 14.7. The van der Waals surface area contributed by atoms with Crippen LogP contribution in [0.4, 0.5) is 4.79 Å². The van der Waals surface area contributed by atoms with Crippen LogP contribution in [-0.2, 0) is 4.79 Å². The molecule has 0 fully saturated rings. The number of amides is 3. The molecule has 15 heavy (non-hydrogen) atoms. The summed E-state index contributed by atoms with van der Waals surface area (Å²) in [5.41, 5.74) is 4.82. The average Bonchev–Trinajstić information content (AvgIpc) is 2.11. The maximum atomic E-state index is 11.3. The first-order valence-electron chi connectivity index (χ1n) is 4.83. The molecule has 0 saturated carbocycles. The predicted molar refractivity (Wildman–Crippen MR) is 56.1 cm³/mol. The van der Waals surface area contributed by atoms with E-state index in [0.717, 1.165) is 0 Å². The van der Waals surface area contributed by atoms with Gasteiger partial charge in [-0.05, 0) is 27.3 Å². The Balaban J connectivity index is 4.01. The first-order chi connectivity index (χ1) is 6.84. The fourth-order valence-corrected chi connectivity index (χ4v) is 1.01. The van der Waals surface area contributed by atoms with Crippen LogP contribution < -0.4 is 11.1 Å². The van der Waals surface area contributed by atoms with Gasteiger partial charge in [-0.3, -0.25) is 15.0 Å². The third-order valence-corrected chi connectivity index (χ3v) is 2.19. The molecule has 0 heterocycles. The fraction of sp³-hybridized carbons (Fsp3) is 0.778. The molecule has 3 amide bonds. The van der Waals surface area contributed by atoms with Crippen molar-refractivity contribution in [1.82, 2.24) is 10.2 Å². The zero-order valence-electron chi connectivity index (χ0n) is 9.36. The van der Waals surface area contributed by atoms with Crippen molar-refractivity contribution < 1.29 is 14.7 Å². The number of likely N-dealkylation sites (N-methyl/N-ethyl adjacent to an activating group) is 1. The quantitative estimate of drug-likeness (QED) is 0.566. The largest absolute Gasteiger partial charge is 0.393 e. The number of aliphatic hydroxyl groups is 1. The van der Waals surface area contributed by atoms with Crippen LogP contribution in [0.15, 0.2) is 0 Å². The maximum absolute atomic E-state index is 11.3. The van der Waals surface area contributed by atoms with Gasteiger partial charge in [0.15, 0.2) is 0 Å². The van der Waals surface area contributed by atoms with Crippen LogP contribution in [0.5, 0.6) is 0 Å². The molecule has 0 aliphatic rings. The molecular weight excluding hydrogens is 198 g/mol. The van der Waals surface area contributed by atoms with Crippen molar-refractivity contribution in [3.05, 3.63) is 0 Å². The summed E-state index contributed by atoms with van der Waals surface area (Å²) in [4.78, 5) is 23.5. The first kappa shape index (κ1) is 13.9. The lowest BCUT2D eigenvalue weighted by atomic mass is 10.2. The number of primary amides is 1. The van der Waals surface area contributed by atoms with Crippen LogP contribution in [-0.4, -0.2) is 47.7 Å². The van der Waals surface area contributed by atoms with E-state index in [0.29, 0.717) is 13.0 Å². The summed E-state index contributed by atoms with van der Waals surface area (Å²) in [5, 5.41) is 11.1. The number of carbonyl (C=O) groups is 2. The zero-order valence-corrected chi connectivity index (χ0v) is 9.36. The fourth-order valence-electron chi connectivity index (χ4n) is 1.01. The summed E-state index contributed by atoms with van der Waals surface area (Å²) in [5.74, 6) is -0.435. The highest BCUT2D eigenvalue weighted by Crippen LogP contribution is 1.99. The molecule has 0 bridgehead atoms. The van der Waals surface area contributed by atoms with Crippen LogP contribution in [0, 0.1) is 0 Å². The van der Waals surface area contributed by atoms with E-state index in [1.54, 1.807) is 25.8 Å². The number of nitrogens with one attached hydrogen (secondary N) is 1. The van der Waals surface area contributed by atoms with Gasteiger partial charge in [0.2, 0.25) is 5.91 Å². The van der Waals surface area contributed by atoms with Gasteiger partial charge in [-0.25, -0.2) is 4.79 Å². The topological polar surface area (TPSA) is 95.7 Å². The van der Waals surface area contributed by atoms with Crippen molar-refractivity contribution >= 4 is 11.9 Å². The van der Waals surface area contributed by atoms with E-state index in [4.69, 9.17) is 10.8 Å². The minimum Gasteiger partial charge on any atom is -0.393 e. The second kappa shape index (κ2) is 6.36. The number of rotatable bonds is 5. The van der Waals surface area contributed by atoms with Crippen molar-refractivity contribution in [2.45, 2.75) is 32.4 Å². The minimum atomic E-state index is -0.851. The van der Waals surface area contributed by atoms with Crippen molar-refractivity contribution in [2.75, 3.05) is 13.6 Å². The van der Waals surface area contributed by atoms with Crippen molar-refractivity contribution in [2.24, 2.45) is 5.73 Å². The second-order valence-electron chi connectivity index (χ2n) is 3.65. The number of carbonyl (C=O) groups excluding carboxylic acids is 2. The van der Waals surface area contributed by atoms with Crippen molar-refractivity contribution in [1.29, 1.82) is 0 Å². The monoisotopic (exact) mass is 217 g/mol. The molecule has 88 valence electrons. The molecule has 0 spiro atoms. The van der Waals surface area contributed by atoms with Gasteiger partial charge in [0.25, 0.3) is 0 Å². The number of nitrogens with zero attached hydrogens (tertiary/aromatic N) is 1. The van der Waals surface area contributed by atoms with E-state index in [-0.39, 0.29) is 0 Å². The molecule has 0 radical (unpaired) electrons. The molecule has 0 aromatic rings. The van der Waals surface area contributed by atoms with Gasteiger partial charge in [0.05, 0.1) is 12.1 Å². The molecule has 6 nitrogen and oxygen atoms in total. The molecule has 0 aromatic heterocycles. The summed E-state index contributed by atoms with van der Waals surface area (Å²) in [6, 6.07) is -1.30. The lowest BCUT2D eigenvalue weighted by molar-refractivity contribution is -0.124. The third-order valence-electron chi connectivity index (χ3n) is 2.19. The van der Waals surface area contributed by atoms with Crippen LogP contribution >= 0.6 is 0 Å². The molecule has 6 heteroatoms. The zero-order chi connectivity index (χ0) is 12.0. The van der Waals surface area contributed by atoms with E-state index in [1.165, 1.54) is 0 Å². The summed E-state index contributed by atoms with van der Waals surface area (Å²) < 4.78 is 0. The molecule has 2 unspecified atom stereocenters. The molecule has 0 saturated heterocycles. The van der Waals surface area contributed by atoms with Gasteiger partial charge in [-0.1, -0.05) is 0 Å². The number of hydrogen-bond acceptors (Lipinski definition) is 4. The van der Waals surface area contributed by atoms with Gasteiger partial charge in [-0.2, -0.15) is 0 Å². The minimum absolute atomic E-state index is 0.404. The standard InChI is InChI=1S/C9H19N3O3/c1-6(13)4-5-12(3)7(2)8(14)11-9(10)15/h6-7,13H,4-5H2,1-3H3,(H3,10,11,14,15). The molecule has 2 atom stereocenters. The number of urea groups is 1. The molecule has 4 N–H and O–H groups in total. The van der Waals surface area contributed by atoms with E-state index in [9.17, 15) is 9.59 Å². The molecule has 0 aromatic carbocycles. The highest BCUT2D eigenvalue weighted by molar-refractivity contribution is 5.96. The predicted octanol–water partition coefficient (Wildman–Crippen LogP) is -0.727. The SMILES string of the molecule is CC(O)CCN(C)C(C)C(=O)NC(N)=O. The summed E-state index contributed by atoms with van der Waals surface area (Å²) >= 11 is 0. The Kier molecular flexibility index (Phi) is 5.88. The highest BCUT2D eigenvalue weighted by Gasteiger charge is 2.18. The van der Waals surface area contributed by atoms with E-state index in [1.807, 2.05) is 5.32 Å². The highest BCUT2D eigenvalue weighted by atomic mass is 16.3. The molecule has 0 aliphatic carbocycles. The summed E-state index contributed by atoms with van der Waals surface area (Å²) in [7, 11) is 1.74. The van der Waals surface area contributed by atoms with Crippen LogP contribution in [0.1, 0.15) is 20.3 Å². The molecular formula is C9H19N3O3. The number of imide groups is 1. The Morgan fingerprint density at radius 2 is 2.00 bits per heavy atom. The maximum Gasteiger partial charge on any atom is 0.318 e. The van der Waals surface area contributed by atoms with Gasteiger partial charge >= 0.3 is 6.03 Å². The van der Waals surface area contributed by atoms with Crippen molar-refractivity contribution in [3.8, 4) is 0 Å². The Labute approximate surface area is 89.4 Å². The molecule has 0 aliphatic heterocycles.